The molecule has 31 heavy (non-hydrogen) atoms. The maximum atomic E-state index is 13.1. The van der Waals surface area contributed by atoms with Gasteiger partial charge in [0, 0.05) is 32.1 Å². The second kappa shape index (κ2) is 9.19. The Balaban J connectivity index is 1.43. The monoisotopic (exact) mass is 483 g/mol. The minimum absolute atomic E-state index is 0.0773. The molecule has 1 aromatic carbocycles. The van der Waals surface area contributed by atoms with E-state index in [4.69, 9.17) is 11.6 Å². The molecule has 2 fully saturated rings. The molecule has 0 aliphatic carbocycles. The summed E-state index contributed by atoms with van der Waals surface area (Å²) in [6.07, 6.45) is 2.67. The van der Waals surface area contributed by atoms with Gasteiger partial charge in [-0.05, 0) is 43.9 Å². The number of amides is 2. The standard InChI is InChI=1S/C19H22ClN5O4S2/c20-16-4-3-14(31(28,29)25-7-1-2-8-25)11-15(16)18(27)24-9-5-13(6-10-24)17(26)22-19-23-21-12-30-19/h3-4,11-13H,1-2,5-10H2,(H,22,23,26). The number of carbonyl (C=O) groups is 2. The molecule has 2 aliphatic heterocycles. The van der Waals surface area contributed by atoms with Crippen LogP contribution in [-0.2, 0) is 14.8 Å². The van der Waals surface area contributed by atoms with Gasteiger partial charge >= 0.3 is 0 Å². The molecule has 2 amide bonds. The predicted molar refractivity (Wildman–Crippen MR) is 117 cm³/mol. The van der Waals surface area contributed by atoms with Crippen LogP contribution in [0.4, 0.5) is 5.13 Å². The summed E-state index contributed by atoms with van der Waals surface area (Å²) in [5.41, 5.74) is 1.71. The third-order valence-corrected chi connectivity index (χ3v) is 8.45. The number of likely N-dealkylation sites (tertiary alicyclic amines) is 1. The van der Waals surface area contributed by atoms with Crippen molar-refractivity contribution in [3.05, 3.63) is 34.3 Å². The molecule has 9 nitrogen and oxygen atoms in total. The van der Waals surface area contributed by atoms with Crippen molar-refractivity contribution in [2.24, 2.45) is 5.92 Å². The van der Waals surface area contributed by atoms with Crippen molar-refractivity contribution in [2.75, 3.05) is 31.5 Å². The van der Waals surface area contributed by atoms with Gasteiger partial charge in [-0.3, -0.25) is 9.59 Å². The second-order valence-corrected chi connectivity index (χ2v) is 10.7. The van der Waals surface area contributed by atoms with Gasteiger partial charge in [-0.25, -0.2) is 8.42 Å². The number of carbonyl (C=O) groups excluding carboxylic acids is 2. The molecule has 2 saturated heterocycles. The first-order valence-electron chi connectivity index (χ1n) is 10.0. The van der Waals surface area contributed by atoms with E-state index in [1.165, 1.54) is 33.8 Å². The van der Waals surface area contributed by atoms with Crippen molar-refractivity contribution in [3.8, 4) is 0 Å². The molecule has 0 saturated carbocycles. The lowest BCUT2D eigenvalue weighted by molar-refractivity contribution is -0.121. The molecule has 2 aliphatic rings. The number of nitrogens with zero attached hydrogens (tertiary/aromatic N) is 4. The number of halogens is 1. The van der Waals surface area contributed by atoms with Crippen molar-refractivity contribution >= 4 is 49.9 Å². The molecule has 0 spiro atoms. The van der Waals surface area contributed by atoms with Crippen LogP contribution in [0.25, 0.3) is 0 Å². The number of anilines is 1. The van der Waals surface area contributed by atoms with Gasteiger partial charge in [0.15, 0.2) is 0 Å². The largest absolute Gasteiger partial charge is 0.339 e. The van der Waals surface area contributed by atoms with Crippen molar-refractivity contribution in [1.82, 2.24) is 19.4 Å². The summed E-state index contributed by atoms with van der Waals surface area (Å²) in [7, 11) is -3.65. The van der Waals surface area contributed by atoms with E-state index in [1.807, 2.05) is 0 Å². The summed E-state index contributed by atoms with van der Waals surface area (Å²) < 4.78 is 27.1. The maximum Gasteiger partial charge on any atom is 0.255 e. The van der Waals surface area contributed by atoms with Crippen LogP contribution in [-0.4, -0.2) is 65.8 Å². The number of nitrogens with one attached hydrogen (secondary N) is 1. The van der Waals surface area contributed by atoms with Gasteiger partial charge in [0.25, 0.3) is 5.91 Å². The topological polar surface area (TPSA) is 113 Å². The van der Waals surface area contributed by atoms with E-state index in [1.54, 1.807) is 10.4 Å². The fraction of sp³-hybridized carbons (Fsp3) is 0.474. The van der Waals surface area contributed by atoms with E-state index in [0.717, 1.165) is 12.8 Å². The fourth-order valence-corrected chi connectivity index (χ4v) is 6.05. The van der Waals surface area contributed by atoms with Crippen LogP contribution in [0.15, 0.2) is 28.6 Å². The highest BCUT2D eigenvalue weighted by atomic mass is 35.5. The van der Waals surface area contributed by atoms with Crippen LogP contribution in [0.5, 0.6) is 0 Å². The average Bonchev–Trinajstić information content (AvgIpc) is 3.48. The Bertz CT molecular complexity index is 1060. The molecule has 2 aromatic rings. The van der Waals surface area contributed by atoms with Crippen molar-refractivity contribution in [2.45, 2.75) is 30.6 Å². The van der Waals surface area contributed by atoms with Gasteiger partial charge in [0.1, 0.15) is 5.51 Å². The third-order valence-electron chi connectivity index (χ3n) is 5.61. The van der Waals surface area contributed by atoms with Crippen molar-refractivity contribution in [1.29, 1.82) is 0 Å². The lowest BCUT2D eigenvalue weighted by Crippen LogP contribution is -2.41. The van der Waals surface area contributed by atoms with E-state index >= 15 is 0 Å². The number of benzene rings is 1. The molecular formula is C19H22ClN5O4S2. The smallest absolute Gasteiger partial charge is 0.255 e. The van der Waals surface area contributed by atoms with Crippen LogP contribution in [0.3, 0.4) is 0 Å². The van der Waals surface area contributed by atoms with Crippen LogP contribution in [0, 0.1) is 5.92 Å². The predicted octanol–water partition coefficient (Wildman–Crippen LogP) is 2.47. The lowest BCUT2D eigenvalue weighted by atomic mass is 9.95. The zero-order chi connectivity index (χ0) is 22.0. The minimum Gasteiger partial charge on any atom is -0.339 e. The van der Waals surface area contributed by atoms with E-state index < -0.39 is 10.0 Å². The van der Waals surface area contributed by atoms with Gasteiger partial charge in [-0.15, -0.1) is 10.2 Å². The molecule has 3 heterocycles. The van der Waals surface area contributed by atoms with Gasteiger partial charge in [-0.2, -0.15) is 4.31 Å². The van der Waals surface area contributed by atoms with Gasteiger partial charge < -0.3 is 10.2 Å². The first-order chi connectivity index (χ1) is 14.9. The van der Waals surface area contributed by atoms with Crippen LogP contribution < -0.4 is 5.32 Å². The normalized spacial score (nSPS) is 18.3. The maximum absolute atomic E-state index is 13.1. The molecule has 166 valence electrons. The highest BCUT2D eigenvalue weighted by Gasteiger charge is 2.31. The summed E-state index contributed by atoms with van der Waals surface area (Å²) in [6.45, 7) is 1.74. The molecule has 1 aromatic heterocycles. The molecule has 1 N–H and O–H groups in total. The molecule has 0 atom stereocenters. The number of hydrogen-bond donors (Lipinski definition) is 1. The third kappa shape index (κ3) is 4.74. The van der Waals surface area contributed by atoms with Crippen LogP contribution in [0.1, 0.15) is 36.0 Å². The number of sulfonamides is 1. The second-order valence-electron chi connectivity index (χ2n) is 7.55. The lowest BCUT2D eigenvalue weighted by Gasteiger charge is -2.31. The van der Waals surface area contributed by atoms with E-state index in [-0.39, 0.29) is 33.2 Å². The first kappa shape index (κ1) is 22.1. The number of aromatic nitrogens is 2. The summed E-state index contributed by atoms with van der Waals surface area (Å²) >= 11 is 7.49. The molecule has 0 unspecified atom stereocenters. The number of hydrogen-bond acceptors (Lipinski definition) is 7. The van der Waals surface area contributed by atoms with Gasteiger partial charge in [-0.1, -0.05) is 22.9 Å². The molecular weight excluding hydrogens is 462 g/mol. The van der Waals surface area contributed by atoms with Crippen molar-refractivity contribution < 1.29 is 18.0 Å². The average molecular weight is 484 g/mol. The van der Waals surface area contributed by atoms with E-state index in [0.29, 0.717) is 44.2 Å². The zero-order valence-electron chi connectivity index (χ0n) is 16.7. The first-order valence-corrected chi connectivity index (χ1v) is 12.7. The number of piperidine rings is 1. The Morgan fingerprint density at radius 1 is 1.13 bits per heavy atom. The van der Waals surface area contributed by atoms with E-state index in [2.05, 4.69) is 15.5 Å². The molecule has 0 radical (unpaired) electrons. The highest BCUT2D eigenvalue weighted by Crippen LogP contribution is 2.28. The Kier molecular flexibility index (Phi) is 6.56. The summed E-state index contributed by atoms with van der Waals surface area (Å²) in [5, 5.41) is 10.9. The van der Waals surface area contributed by atoms with Gasteiger partial charge in [0.2, 0.25) is 21.1 Å². The van der Waals surface area contributed by atoms with Crippen LogP contribution in [0.2, 0.25) is 5.02 Å². The van der Waals surface area contributed by atoms with Crippen molar-refractivity contribution in [3.63, 3.8) is 0 Å². The summed E-state index contributed by atoms with van der Waals surface area (Å²) in [5.74, 6) is -0.697. The Morgan fingerprint density at radius 3 is 2.48 bits per heavy atom. The molecule has 12 heteroatoms. The summed E-state index contributed by atoms with van der Waals surface area (Å²) in [6, 6.07) is 4.27. The van der Waals surface area contributed by atoms with Crippen LogP contribution >= 0.6 is 22.9 Å². The number of rotatable bonds is 5. The van der Waals surface area contributed by atoms with E-state index in [9.17, 15) is 18.0 Å². The molecule has 0 bridgehead atoms. The quantitative estimate of drug-likeness (QED) is 0.699. The zero-order valence-corrected chi connectivity index (χ0v) is 19.0. The summed E-state index contributed by atoms with van der Waals surface area (Å²) in [4.78, 5) is 27.1. The van der Waals surface area contributed by atoms with Gasteiger partial charge in [0.05, 0.1) is 15.5 Å². The Labute approximate surface area is 189 Å². The fourth-order valence-electron chi connectivity index (χ4n) is 3.86. The minimum atomic E-state index is -3.65. The molecule has 4 rings (SSSR count). The Hall–Kier alpha value is -2.08. The SMILES string of the molecule is O=C(Nc1nncs1)C1CCN(C(=O)c2cc(S(=O)(=O)N3CCCC3)ccc2Cl)CC1. The Morgan fingerprint density at radius 2 is 1.84 bits per heavy atom. The highest BCUT2D eigenvalue weighted by molar-refractivity contribution is 7.89.